The number of aryl methyl sites for hydroxylation is 2. The summed E-state index contributed by atoms with van der Waals surface area (Å²) < 4.78 is 5.39. The van der Waals surface area contributed by atoms with Crippen molar-refractivity contribution in [2.45, 2.75) is 26.7 Å². The molecule has 2 rings (SSSR count). The number of hydrogen-bond acceptors (Lipinski definition) is 2. The van der Waals surface area contributed by atoms with E-state index >= 15 is 0 Å². The predicted octanol–water partition coefficient (Wildman–Crippen LogP) is 3.18. The standard InChI is InChI=1S/C14H16O2/c1-10-7-11(2)9-12(8-10)14(15)13-5-3-4-6-16-13/h5,7-9H,3-4,6H2,1-2H3. The van der Waals surface area contributed by atoms with Crippen molar-refractivity contribution < 1.29 is 9.53 Å². The molecule has 1 aromatic rings. The van der Waals surface area contributed by atoms with Gasteiger partial charge in [-0.3, -0.25) is 4.79 Å². The summed E-state index contributed by atoms with van der Waals surface area (Å²) in [5.41, 5.74) is 2.95. The fourth-order valence-electron chi connectivity index (χ4n) is 1.96. The van der Waals surface area contributed by atoms with Crippen LogP contribution in [-0.4, -0.2) is 12.4 Å². The van der Waals surface area contributed by atoms with Crippen molar-refractivity contribution in [3.05, 3.63) is 46.7 Å². The number of carbonyl (C=O) groups excluding carboxylic acids is 1. The van der Waals surface area contributed by atoms with Crippen molar-refractivity contribution >= 4 is 5.78 Å². The Morgan fingerprint density at radius 1 is 1.19 bits per heavy atom. The second kappa shape index (κ2) is 4.52. The maximum Gasteiger partial charge on any atom is 0.227 e. The van der Waals surface area contributed by atoms with Gasteiger partial charge in [-0.25, -0.2) is 0 Å². The molecule has 0 unspecified atom stereocenters. The van der Waals surface area contributed by atoms with E-state index in [1.807, 2.05) is 32.1 Å². The van der Waals surface area contributed by atoms with Crippen LogP contribution >= 0.6 is 0 Å². The Bertz CT molecular complexity index is 424. The van der Waals surface area contributed by atoms with Crippen LogP contribution in [0.4, 0.5) is 0 Å². The predicted molar refractivity (Wildman–Crippen MR) is 63.5 cm³/mol. The number of benzene rings is 1. The number of hydrogen-bond donors (Lipinski definition) is 0. The van der Waals surface area contributed by atoms with E-state index in [1.54, 1.807) is 0 Å². The van der Waals surface area contributed by atoms with E-state index in [0.717, 1.165) is 29.5 Å². The van der Waals surface area contributed by atoms with Gasteiger partial charge in [0, 0.05) is 5.56 Å². The number of Topliss-reactive ketones (excluding diaryl/α,β-unsaturated/α-hetero) is 1. The Hall–Kier alpha value is -1.57. The Morgan fingerprint density at radius 2 is 1.88 bits per heavy atom. The molecule has 0 amide bonds. The van der Waals surface area contributed by atoms with Gasteiger partial charge < -0.3 is 4.74 Å². The van der Waals surface area contributed by atoms with Crippen molar-refractivity contribution in [1.82, 2.24) is 0 Å². The van der Waals surface area contributed by atoms with E-state index in [0.29, 0.717) is 12.4 Å². The molecule has 0 aliphatic carbocycles. The quantitative estimate of drug-likeness (QED) is 0.710. The molecule has 16 heavy (non-hydrogen) atoms. The zero-order valence-corrected chi connectivity index (χ0v) is 9.75. The topological polar surface area (TPSA) is 26.3 Å². The molecule has 1 heterocycles. The molecule has 0 bridgehead atoms. The third-order valence-electron chi connectivity index (χ3n) is 2.64. The first-order valence-electron chi connectivity index (χ1n) is 5.63. The molecule has 0 spiro atoms. The van der Waals surface area contributed by atoms with E-state index in [9.17, 15) is 4.79 Å². The lowest BCUT2D eigenvalue weighted by atomic mass is 10.0. The Labute approximate surface area is 95.9 Å². The number of allylic oxidation sites excluding steroid dienone is 2. The highest BCUT2D eigenvalue weighted by molar-refractivity contribution is 6.07. The van der Waals surface area contributed by atoms with E-state index < -0.39 is 0 Å². The molecule has 0 N–H and O–H groups in total. The van der Waals surface area contributed by atoms with E-state index in [1.165, 1.54) is 0 Å². The van der Waals surface area contributed by atoms with E-state index in [4.69, 9.17) is 4.74 Å². The lowest BCUT2D eigenvalue weighted by Crippen LogP contribution is -2.11. The van der Waals surface area contributed by atoms with Crippen molar-refractivity contribution in [1.29, 1.82) is 0 Å². The van der Waals surface area contributed by atoms with Gasteiger partial charge in [-0.2, -0.15) is 0 Å². The molecule has 1 aliphatic rings. The van der Waals surface area contributed by atoms with Crippen LogP contribution in [0, 0.1) is 13.8 Å². The summed E-state index contributed by atoms with van der Waals surface area (Å²) in [6, 6.07) is 5.88. The summed E-state index contributed by atoms with van der Waals surface area (Å²) in [6.45, 7) is 4.65. The highest BCUT2D eigenvalue weighted by Crippen LogP contribution is 2.17. The average molecular weight is 216 g/mol. The van der Waals surface area contributed by atoms with Crippen molar-refractivity contribution in [3.8, 4) is 0 Å². The fourth-order valence-corrected chi connectivity index (χ4v) is 1.96. The molecule has 0 saturated carbocycles. The number of ketones is 1. The first kappa shape index (κ1) is 10.9. The largest absolute Gasteiger partial charge is 0.490 e. The summed E-state index contributed by atoms with van der Waals surface area (Å²) in [7, 11) is 0. The van der Waals surface area contributed by atoms with Gasteiger partial charge in [-0.05, 0) is 44.9 Å². The van der Waals surface area contributed by atoms with Crippen LogP contribution in [0.15, 0.2) is 30.0 Å². The summed E-state index contributed by atoms with van der Waals surface area (Å²) >= 11 is 0. The lowest BCUT2D eigenvalue weighted by Gasteiger charge is -2.14. The third-order valence-corrected chi connectivity index (χ3v) is 2.64. The molecule has 1 aliphatic heterocycles. The van der Waals surface area contributed by atoms with E-state index in [-0.39, 0.29) is 5.78 Å². The fraction of sp³-hybridized carbons (Fsp3) is 0.357. The first-order chi connectivity index (χ1) is 7.66. The van der Waals surface area contributed by atoms with Crippen LogP contribution in [0.1, 0.15) is 34.3 Å². The molecule has 0 atom stereocenters. The maximum atomic E-state index is 12.1. The zero-order chi connectivity index (χ0) is 11.5. The second-order valence-electron chi connectivity index (χ2n) is 4.26. The van der Waals surface area contributed by atoms with Crippen molar-refractivity contribution in [3.63, 3.8) is 0 Å². The second-order valence-corrected chi connectivity index (χ2v) is 4.26. The van der Waals surface area contributed by atoms with Gasteiger partial charge in [0.05, 0.1) is 6.61 Å². The zero-order valence-electron chi connectivity index (χ0n) is 9.75. The summed E-state index contributed by atoms with van der Waals surface area (Å²) in [6.07, 6.45) is 3.83. The summed E-state index contributed by atoms with van der Waals surface area (Å²) in [5, 5.41) is 0. The van der Waals surface area contributed by atoms with Crippen LogP contribution in [0.3, 0.4) is 0 Å². The van der Waals surface area contributed by atoms with Crippen LogP contribution in [0.5, 0.6) is 0 Å². The third kappa shape index (κ3) is 2.32. The number of ether oxygens (including phenoxy) is 1. The number of carbonyl (C=O) groups is 1. The summed E-state index contributed by atoms with van der Waals surface area (Å²) in [4.78, 5) is 12.1. The monoisotopic (exact) mass is 216 g/mol. The minimum atomic E-state index is 0.00602. The first-order valence-corrected chi connectivity index (χ1v) is 5.63. The molecular formula is C14H16O2. The highest BCUT2D eigenvalue weighted by atomic mass is 16.5. The van der Waals surface area contributed by atoms with Crippen LogP contribution < -0.4 is 0 Å². The minimum absolute atomic E-state index is 0.00602. The number of rotatable bonds is 2. The van der Waals surface area contributed by atoms with Gasteiger partial charge >= 0.3 is 0 Å². The van der Waals surface area contributed by atoms with Crippen molar-refractivity contribution in [2.24, 2.45) is 0 Å². The van der Waals surface area contributed by atoms with Crippen LogP contribution in [0.2, 0.25) is 0 Å². The van der Waals surface area contributed by atoms with Crippen LogP contribution in [0.25, 0.3) is 0 Å². The maximum absolute atomic E-state index is 12.1. The summed E-state index contributed by atoms with van der Waals surface area (Å²) in [5.74, 6) is 0.516. The minimum Gasteiger partial charge on any atom is -0.490 e. The molecule has 2 heteroatoms. The smallest absolute Gasteiger partial charge is 0.227 e. The van der Waals surface area contributed by atoms with Gasteiger partial charge in [-0.1, -0.05) is 17.2 Å². The normalized spacial score (nSPS) is 15.2. The lowest BCUT2D eigenvalue weighted by molar-refractivity contribution is 0.0899. The molecule has 0 fully saturated rings. The Balaban J connectivity index is 2.29. The molecule has 1 aromatic carbocycles. The Kier molecular flexibility index (Phi) is 3.09. The van der Waals surface area contributed by atoms with Crippen molar-refractivity contribution in [2.75, 3.05) is 6.61 Å². The van der Waals surface area contributed by atoms with Gasteiger partial charge in [0.1, 0.15) is 0 Å². The average Bonchev–Trinajstić information content (AvgIpc) is 2.28. The molecule has 2 nitrogen and oxygen atoms in total. The SMILES string of the molecule is Cc1cc(C)cc(C(=O)C2=CCCCO2)c1. The molecular weight excluding hydrogens is 200 g/mol. The van der Waals surface area contributed by atoms with Gasteiger partial charge in [0.25, 0.3) is 0 Å². The Morgan fingerprint density at radius 3 is 2.44 bits per heavy atom. The molecule has 84 valence electrons. The highest BCUT2D eigenvalue weighted by Gasteiger charge is 2.16. The van der Waals surface area contributed by atoms with E-state index in [2.05, 4.69) is 6.07 Å². The van der Waals surface area contributed by atoms with Gasteiger partial charge in [-0.15, -0.1) is 0 Å². The molecule has 0 aromatic heterocycles. The van der Waals surface area contributed by atoms with Gasteiger partial charge in [0.2, 0.25) is 5.78 Å². The molecule has 0 saturated heterocycles. The molecule has 0 radical (unpaired) electrons. The van der Waals surface area contributed by atoms with Gasteiger partial charge in [0.15, 0.2) is 5.76 Å². The van der Waals surface area contributed by atoms with Crippen LogP contribution in [-0.2, 0) is 4.74 Å².